The first-order chi connectivity index (χ1) is 17.8. The molecule has 1 N–H and O–H groups in total. The Hall–Kier alpha value is -3.18. The molecule has 3 aromatic carbocycles. The summed E-state index contributed by atoms with van der Waals surface area (Å²) in [5.74, 6) is 0.422. The number of likely N-dealkylation sites (tertiary alicyclic amines) is 1. The number of aromatic hydroxyl groups is 1. The molecule has 1 fully saturated rings. The Labute approximate surface area is 221 Å². The average molecular weight is 502 g/mol. The number of hydrogen-bond acceptors (Lipinski definition) is 4. The van der Waals surface area contributed by atoms with E-state index in [1.165, 1.54) is 0 Å². The first-order valence-electron chi connectivity index (χ1n) is 13.5. The quantitative estimate of drug-likeness (QED) is 0.295. The lowest BCUT2D eigenvalue weighted by Crippen LogP contribution is -2.56. The van der Waals surface area contributed by atoms with Crippen molar-refractivity contribution in [1.82, 2.24) is 9.80 Å². The van der Waals surface area contributed by atoms with E-state index in [9.17, 15) is 5.11 Å². The Balaban J connectivity index is 1.81. The lowest BCUT2D eigenvalue weighted by Gasteiger charge is -2.44. The molecule has 5 heteroatoms. The summed E-state index contributed by atoms with van der Waals surface area (Å²) >= 11 is 0. The van der Waals surface area contributed by atoms with E-state index in [1.807, 2.05) is 42.5 Å². The fourth-order valence-electron chi connectivity index (χ4n) is 5.39. The molecule has 0 amide bonds. The Morgan fingerprint density at radius 3 is 2.41 bits per heavy atom. The molecule has 0 atom stereocenters. The van der Waals surface area contributed by atoms with Gasteiger partial charge in [-0.15, -0.1) is 0 Å². The molecule has 1 aliphatic heterocycles. The van der Waals surface area contributed by atoms with E-state index in [4.69, 9.17) is 4.99 Å². The number of rotatable bonds is 10. The summed E-state index contributed by atoms with van der Waals surface area (Å²) in [5.41, 5.74) is 2.96. The highest BCUT2D eigenvalue weighted by Gasteiger charge is 2.30. The third kappa shape index (κ3) is 5.42. The second-order valence-corrected chi connectivity index (χ2v) is 10.5. The summed E-state index contributed by atoms with van der Waals surface area (Å²) in [6.45, 7) is 12.2. The van der Waals surface area contributed by atoms with Gasteiger partial charge >= 0.3 is 0 Å². The van der Waals surface area contributed by atoms with E-state index < -0.39 is 5.82 Å². The van der Waals surface area contributed by atoms with Gasteiger partial charge in [0.05, 0.1) is 11.3 Å². The van der Waals surface area contributed by atoms with Crippen LogP contribution in [0.4, 0.5) is 4.39 Å². The number of nitrogens with zero attached hydrogens (tertiary/aromatic N) is 3. The molecule has 0 bridgehead atoms. The normalized spacial score (nSPS) is 14.6. The number of halogens is 1. The summed E-state index contributed by atoms with van der Waals surface area (Å²) in [6, 6.07) is 15.9. The van der Waals surface area contributed by atoms with Gasteiger partial charge in [-0.25, -0.2) is 9.38 Å². The monoisotopic (exact) mass is 501 g/mol. The zero-order valence-corrected chi connectivity index (χ0v) is 22.9. The number of phenolic OH excluding ortho intramolecular Hbond substituents is 1. The number of phenols is 1. The summed E-state index contributed by atoms with van der Waals surface area (Å²) in [6.07, 6.45) is 3.91. The van der Waals surface area contributed by atoms with Gasteiger partial charge in [-0.05, 0) is 61.8 Å². The lowest BCUT2D eigenvalue weighted by molar-refractivity contribution is 0.0935. The van der Waals surface area contributed by atoms with E-state index in [0.717, 1.165) is 55.3 Å². The van der Waals surface area contributed by atoms with Crippen LogP contribution in [-0.2, 0) is 0 Å². The summed E-state index contributed by atoms with van der Waals surface area (Å²) in [7, 11) is 4.18. The second-order valence-electron chi connectivity index (χ2n) is 10.5. The standard InChI is InChI=1S/C32H40FN3O/c1-7-12-24(13-8-2)32(34-22(4)36-19-25(20-36)35(5)6)28-18-29(37)30(31(33)21(28)3)27-17-11-15-23-14-9-10-16-26(23)27/h9-11,14-18,24-25,37H,4,7-8,12-13,19-20H2,1-3,5-6H3/b34-32-. The van der Waals surface area contributed by atoms with Gasteiger partial charge < -0.3 is 14.9 Å². The molecule has 1 saturated heterocycles. The number of benzene rings is 3. The zero-order valence-electron chi connectivity index (χ0n) is 22.9. The van der Waals surface area contributed by atoms with Crippen molar-refractivity contribution in [1.29, 1.82) is 0 Å². The van der Waals surface area contributed by atoms with Crippen LogP contribution in [0.15, 0.2) is 65.9 Å². The van der Waals surface area contributed by atoms with E-state index in [-0.39, 0.29) is 17.2 Å². The topological polar surface area (TPSA) is 39.1 Å². The van der Waals surface area contributed by atoms with E-state index in [0.29, 0.717) is 28.6 Å². The first-order valence-corrected chi connectivity index (χ1v) is 13.5. The molecule has 196 valence electrons. The summed E-state index contributed by atoms with van der Waals surface area (Å²) < 4.78 is 16.2. The molecule has 37 heavy (non-hydrogen) atoms. The predicted octanol–water partition coefficient (Wildman–Crippen LogP) is 7.38. The molecule has 4 rings (SSSR count). The maximum Gasteiger partial charge on any atom is 0.138 e. The fourth-order valence-corrected chi connectivity index (χ4v) is 5.39. The molecule has 0 unspecified atom stereocenters. The molecule has 0 saturated carbocycles. The lowest BCUT2D eigenvalue weighted by atomic mass is 9.85. The van der Waals surface area contributed by atoms with Crippen LogP contribution >= 0.6 is 0 Å². The van der Waals surface area contributed by atoms with Gasteiger partial charge in [0.15, 0.2) is 0 Å². The number of hydrogen-bond donors (Lipinski definition) is 1. The van der Waals surface area contributed by atoms with Crippen molar-refractivity contribution < 1.29 is 9.50 Å². The highest BCUT2D eigenvalue weighted by Crippen LogP contribution is 2.40. The van der Waals surface area contributed by atoms with Crippen LogP contribution < -0.4 is 0 Å². The maximum atomic E-state index is 16.2. The molecule has 0 aromatic heterocycles. The van der Waals surface area contributed by atoms with Crippen LogP contribution in [0.3, 0.4) is 0 Å². The van der Waals surface area contributed by atoms with Crippen molar-refractivity contribution in [2.75, 3.05) is 27.2 Å². The van der Waals surface area contributed by atoms with Crippen LogP contribution in [0.2, 0.25) is 0 Å². The van der Waals surface area contributed by atoms with E-state index >= 15 is 4.39 Å². The minimum absolute atomic E-state index is 0.0591. The summed E-state index contributed by atoms with van der Waals surface area (Å²) in [5, 5.41) is 13.2. The number of likely N-dealkylation sites (N-methyl/N-ethyl adjacent to an activating group) is 1. The largest absolute Gasteiger partial charge is 0.507 e. The van der Waals surface area contributed by atoms with Crippen LogP contribution in [0.5, 0.6) is 5.75 Å². The fraction of sp³-hybridized carbons (Fsp3) is 0.406. The summed E-state index contributed by atoms with van der Waals surface area (Å²) in [4.78, 5) is 9.44. The van der Waals surface area contributed by atoms with Crippen molar-refractivity contribution in [3.05, 3.63) is 77.9 Å². The molecule has 4 nitrogen and oxygen atoms in total. The van der Waals surface area contributed by atoms with Crippen LogP contribution in [-0.4, -0.2) is 53.8 Å². The van der Waals surface area contributed by atoms with Crippen molar-refractivity contribution in [3.8, 4) is 16.9 Å². The van der Waals surface area contributed by atoms with Crippen molar-refractivity contribution >= 4 is 16.5 Å². The number of fused-ring (bicyclic) bond motifs is 1. The highest BCUT2D eigenvalue weighted by atomic mass is 19.1. The third-order valence-electron chi connectivity index (χ3n) is 7.69. The smallest absolute Gasteiger partial charge is 0.138 e. The van der Waals surface area contributed by atoms with Gasteiger partial charge in [-0.1, -0.05) is 75.7 Å². The second kappa shape index (κ2) is 11.5. The minimum Gasteiger partial charge on any atom is -0.507 e. The van der Waals surface area contributed by atoms with Gasteiger partial charge in [0.2, 0.25) is 0 Å². The molecule has 0 aliphatic carbocycles. The van der Waals surface area contributed by atoms with Gasteiger partial charge in [0.25, 0.3) is 0 Å². The molecule has 3 aromatic rings. The minimum atomic E-state index is -0.395. The first kappa shape index (κ1) is 26.9. The van der Waals surface area contributed by atoms with Gasteiger partial charge in [-0.2, -0.15) is 0 Å². The van der Waals surface area contributed by atoms with E-state index in [1.54, 1.807) is 13.0 Å². The van der Waals surface area contributed by atoms with Crippen LogP contribution in [0.25, 0.3) is 21.9 Å². The van der Waals surface area contributed by atoms with Gasteiger partial charge in [0, 0.05) is 30.6 Å². The van der Waals surface area contributed by atoms with Crippen molar-refractivity contribution in [2.45, 2.75) is 52.5 Å². The van der Waals surface area contributed by atoms with Gasteiger partial charge in [0.1, 0.15) is 17.4 Å². The predicted molar refractivity (Wildman–Crippen MR) is 154 cm³/mol. The third-order valence-corrected chi connectivity index (χ3v) is 7.69. The molecular weight excluding hydrogens is 461 g/mol. The molecule has 1 heterocycles. The van der Waals surface area contributed by atoms with Gasteiger partial charge in [-0.3, -0.25) is 0 Å². The van der Waals surface area contributed by atoms with Crippen molar-refractivity contribution in [2.24, 2.45) is 10.9 Å². The van der Waals surface area contributed by atoms with E-state index in [2.05, 4.69) is 44.3 Å². The van der Waals surface area contributed by atoms with Crippen LogP contribution in [0, 0.1) is 18.7 Å². The number of aliphatic imine (C=N–C) groups is 1. The Morgan fingerprint density at radius 1 is 1.11 bits per heavy atom. The Kier molecular flexibility index (Phi) is 8.33. The van der Waals surface area contributed by atoms with Crippen LogP contribution in [0.1, 0.15) is 50.7 Å². The Bertz CT molecular complexity index is 1300. The molecule has 0 radical (unpaired) electrons. The van der Waals surface area contributed by atoms with Crippen molar-refractivity contribution in [3.63, 3.8) is 0 Å². The molecular formula is C32H40FN3O. The molecule has 1 aliphatic rings. The molecule has 0 spiro atoms. The zero-order chi connectivity index (χ0) is 26.7. The maximum absolute atomic E-state index is 16.2. The average Bonchev–Trinajstić information content (AvgIpc) is 2.84. The Morgan fingerprint density at radius 2 is 1.76 bits per heavy atom. The SMILES string of the molecule is C=C(/N=C(\c1cc(O)c(-c2cccc3ccccc23)c(F)c1C)C(CCC)CCC)N1CC(N(C)C)C1. The highest BCUT2D eigenvalue weighted by molar-refractivity contribution is 6.06.